The maximum atomic E-state index is 12.7. The molecular formula is C11H12FNO2. The summed E-state index contributed by atoms with van der Waals surface area (Å²) in [5.41, 5.74) is 0.945. The first-order chi connectivity index (χ1) is 7.20. The molecule has 1 aromatic rings. The van der Waals surface area contributed by atoms with E-state index in [0.29, 0.717) is 13.0 Å². The predicted molar refractivity (Wildman–Crippen MR) is 52.6 cm³/mol. The van der Waals surface area contributed by atoms with E-state index in [0.717, 1.165) is 5.56 Å². The molecule has 3 nitrogen and oxygen atoms in total. The molecule has 80 valence electrons. The highest BCUT2D eigenvalue weighted by molar-refractivity contribution is 5.79. The van der Waals surface area contributed by atoms with Gasteiger partial charge in [0, 0.05) is 18.9 Å². The minimum atomic E-state index is -0.276. The normalized spacial score (nSPS) is 21.1. The van der Waals surface area contributed by atoms with Crippen LogP contribution in [-0.2, 0) is 4.79 Å². The Balaban J connectivity index is 2.13. The van der Waals surface area contributed by atoms with Gasteiger partial charge in [0.05, 0.1) is 0 Å². The van der Waals surface area contributed by atoms with Crippen LogP contribution in [0.25, 0.3) is 0 Å². The molecule has 0 saturated carbocycles. The van der Waals surface area contributed by atoms with Crippen LogP contribution in [0.4, 0.5) is 4.39 Å². The standard InChI is InChI=1S/C11H12FNO2/c12-10-3-1-8(2-4-10)9-5-11(15)13(6-9)7-14/h1-4,9,14H,5-7H2. The van der Waals surface area contributed by atoms with Crippen LogP contribution in [0.3, 0.4) is 0 Å². The van der Waals surface area contributed by atoms with Crippen LogP contribution in [-0.4, -0.2) is 29.2 Å². The summed E-state index contributed by atoms with van der Waals surface area (Å²) in [5, 5.41) is 8.89. The van der Waals surface area contributed by atoms with Gasteiger partial charge in [0.25, 0.3) is 0 Å². The summed E-state index contributed by atoms with van der Waals surface area (Å²) in [7, 11) is 0. The molecule has 0 bridgehead atoms. The number of amides is 1. The number of hydrogen-bond donors (Lipinski definition) is 1. The maximum absolute atomic E-state index is 12.7. The lowest BCUT2D eigenvalue weighted by Gasteiger charge is -2.12. The van der Waals surface area contributed by atoms with Gasteiger partial charge in [-0.15, -0.1) is 0 Å². The quantitative estimate of drug-likeness (QED) is 0.792. The monoisotopic (exact) mass is 209 g/mol. The molecule has 0 aliphatic carbocycles. The van der Waals surface area contributed by atoms with E-state index in [1.165, 1.54) is 17.0 Å². The summed E-state index contributed by atoms with van der Waals surface area (Å²) in [5.74, 6) is -0.251. The van der Waals surface area contributed by atoms with Crippen LogP contribution in [0, 0.1) is 5.82 Å². The van der Waals surface area contributed by atoms with Crippen LogP contribution >= 0.6 is 0 Å². The molecule has 1 unspecified atom stereocenters. The van der Waals surface area contributed by atoms with Crippen molar-refractivity contribution in [3.63, 3.8) is 0 Å². The molecular weight excluding hydrogens is 197 g/mol. The van der Waals surface area contributed by atoms with E-state index >= 15 is 0 Å². The number of aliphatic hydroxyl groups is 1. The molecule has 1 amide bonds. The summed E-state index contributed by atoms with van der Waals surface area (Å²) in [6, 6.07) is 6.16. The molecule has 2 rings (SSSR count). The first kappa shape index (κ1) is 10.1. The van der Waals surface area contributed by atoms with Gasteiger partial charge in [0.15, 0.2) is 0 Å². The molecule has 1 atom stereocenters. The molecule has 1 aliphatic heterocycles. The van der Waals surface area contributed by atoms with E-state index in [1.807, 2.05) is 0 Å². The Morgan fingerprint density at radius 3 is 2.60 bits per heavy atom. The van der Waals surface area contributed by atoms with E-state index in [1.54, 1.807) is 12.1 Å². The first-order valence-electron chi connectivity index (χ1n) is 4.85. The average Bonchev–Trinajstić information content (AvgIpc) is 2.61. The number of aliphatic hydroxyl groups excluding tert-OH is 1. The number of likely N-dealkylation sites (tertiary alicyclic amines) is 1. The number of halogens is 1. The highest BCUT2D eigenvalue weighted by Gasteiger charge is 2.29. The summed E-state index contributed by atoms with van der Waals surface area (Å²) in [4.78, 5) is 12.7. The molecule has 1 fully saturated rings. The third-order valence-corrected chi connectivity index (χ3v) is 2.73. The van der Waals surface area contributed by atoms with Gasteiger partial charge < -0.3 is 10.0 Å². The Bertz CT molecular complexity index is 363. The van der Waals surface area contributed by atoms with Gasteiger partial charge >= 0.3 is 0 Å². The fourth-order valence-electron chi connectivity index (χ4n) is 1.87. The topological polar surface area (TPSA) is 40.5 Å². The van der Waals surface area contributed by atoms with E-state index in [2.05, 4.69) is 0 Å². The van der Waals surface area contributed by atoms with Crippen molar-refractivity contribution in [2.24, 2.45) is 0 Å². The van der Waals surface area contributed by atoms with Crippen molar-refractivity contribution in [1.82, 2.24) is 4.90 Å². The average molecular weight is 209 g/mol. The number of benzene rings is 1. The Morgan fingerprint density at radius 1 is 1.40 bits per heavy atom. The second-order valence-electron chi connectivity index (χ2n) is 3.71. The zero-order valence-electron chi connectivity index (χ0n) is 8.19. The molecule has 15 heavy (non-hydrogen) atoms. The van der Waals surface area contributed by atoms with Crippen LogP contribution < -0.4 is 0 Å². The van der Waals surface area contributed by atoms with Crippen LogP contribution in [0.5, 0.6) is 0 Å². The summed E-state index contributed by atoms with van der Waals surface area (Å²) < 4.78 is 12.7. The van der Waals surface area contributed by atoms with Gasteiger partial charge in [-0.1, -0.05) is 12.1 Å². The predicted octanol–water partition coefficient (Wildman–Crippen LogP) is 1.09. The third-order valence-electron chi connectivity index (χ3n) is 2.73. The van der Waals surface area contributed by atoms with Crippen LogP contribution in [0.2, 0.25) is 0 Å². The Kier molecular flexibility index (Phi) is 2.68. The smallest absolute Gasteiger partial charge is 0.225 e. The lowest BCUT2D eigenvalue weighted by molar-refractivity contribution is -0.130. The van der Waals surface area contributed by atoms with E-state index in [9.17, 15) is 9.18 Å². The molecule has 1 N–H and O–H groups in total. The number of carbonyl (C=O) groups excluding carboxylic acids is 1. The highest BCUT2D eigenvalue weighted by Crippen LogP contribution is 2.27. The van der Waals surface area contributed by atoms with Crippen LogP contribution in [0.15, 0.2) is 24.3 Å². The SMILES string of the molecule is O=C1CC(c2ccc(F)cc2)CN1CO. The van der Waals surface area contributed by atoms with Gasteiger partial charge in [-0.05, 0) is 17.7 Å². The molecule has 0 spiro atoms. The van der Waals surface area contributed by atoms with Gasteiger partial charge in [0.1, 0.15) is 12.5 Å². The van der Waals surface area contributed by atoms with E-state index in [4.69, 9.17) is 5.11 Å². The highest BCUT2D eigenvalue weighted by atomic mass is 19.1. The summed E-state index contributed by atoms with van der Waals surface area (Å²) in [6.07, 6.45) is 0.395. The van der Waals surface area contributed by atoms with Crippen molar-refractivity contribution < 1.29 is 14.3 Å². The Hall–Kier alpha value is -1.42. The molecule has 1 aromatic carbocycles. The summed E-state index contributed by atoms with van der Waals surface area (Å²) in [6.45, 7) is 0.275. The molecule has 0 radical (unpaired) electrons. The first-order valence-corrected chi connectivity index (χ1v) is 4.85. The fourth-order valence-corrected chi connectivity index (χ4v) is 1.87. The minimum absolute atomic E-state index is 0.0492. The van der Waals surface area contributed by atoms with E-state index in [-0.39, 0.29) is 24.4 Å². The van der Waals surface area contributed by atoms with Crippen molar-refractivity contribution in [3.8, 4) is 0 Å². The van der Waals surface area contributed by atoms with E-state index < -0.39 is 0 Å². The molecule has 1 heterocycles. The lowest BCUT2D eigenvalue weighted by Crippen LogP contribution is -2.25. The molecule has 4 heteroatoms. The zero-order chi connectivity index (χ0) is 10.8. The second kappa shape index (κ2) is 3.98. The molecule has 1 aliphatic rings. The van der Waals surface area contributed by atoms with Gasteiger partial charge in [0.2, 0.25) is 5.91 Å². The second-order valence-corrected chi connectivity index (χ2v) is 3.71. The van der Waals surface area contributed by atoms with Crippen molar-refractivity contribution in [3.05, 3.63) is 35.6 Å². The Morgan fingerprint density at radius 2 is 2.07 bits per heavy atom. The number of nitrogens with zero attached hydrogens (tertiary/aromatic N) is 1. The van der Waals surface area contributed by atoms with Crippen molar-refractivity contribution in [1.29, 1.82) is 0 Å². The molecule has 0 aromatic heterocycles. The van der Waals surface area contributed by atoms with Crippen molar-refractivity contribution >= 4 is 5.91 Å². The number of hydrogen-bond acceptors (Lipinski definition) is 2. The van der Waals surface area contributed by atoms with Crippen molar-refractivity contribution in [2.75, 3.05) is 13.3 Å². The number of carbonyl (C=O) groups is 1. The Labute approximate surface area is 87.1 Å². The van der Waals surface area contributed by atoms with Gasteiger partial charge in [-0.3, -0.25) is 4.79 Å². The number of rotatable bonds is 2. The van der Waals surface area contributed by atoms with Gasteiger partial charge in [-0.2, -0.15) is 0 Å². The van der Waals surface area contributed by atoms with Gasteiger partial charge in [-0.25, -0.2) is 4.39 Å². The summed E-state index contributed by atoms with van der Waals surface area (Å²) >= 11 is 0. The lowest BCUT2D eigenvalue weighted by atomic mass is 9.98. The zero-order valence-corrected chi connectivity index (χ0v) is 8.19. The molecule has 1 saturated heterocycles. The van der Waals surface area contributed by atoms with Crippen molar-refractivity contribution in [2.45, 2.75) is 12.3 Å². The third kappa shape index (κ3) is 1.99. The van der Waals surface area contributed by atoms with Crippen LogP contribution in [0.1, 0.15) is 17.9 Å². The fraction of sp³-hybridized carbons (Fsp3) is 0.364. The maximum Gasteiger partial charge on any atom is 0.225 e. The minimum Gasteiger partial charge on any atom is -0.376 e. The largest absolute Gasteiger partial charge is 0.376 e.